The summed E-state index contributed by atoms with van der Waals surface area (Å²) < 4.78 is 0. The molecule has 0 amide bonds. The zero-order valence-electron chi connectivity index (χ0n) is 7.93. The largest absolute Gasteiger partial charge is 0.509 e. The van der Waals surface area contributed by atoms with Gasteiger partial charge in [0.05, 0.1) is 0 Å². The highest BCUT2D eigenvalue weighted by atomic mass is 16.3. The Hall–Kier alpha value is -0.990. The number of aliphatic hydroxyl groups is 1. The van der Waals surface area contributed by atoms with Crippen LogP contribution in [0.25, 0.3) is 0 Å². The lowest BCUT2D eigenvalue weighted by atomic mass is 9.69. The van der Waals surface area contributed by atoms with Crippen molar-refractivity contribution >= 4 is 5.78 Å². The van der Waals surface area contributed by atoms with Gasteiger partial charge in [0, 0.05) is 10.8 Å². The van der Waals surface area contributed by atoms with Gasteiger partial charge in [0.15, 0.2) is 5.78 Å². The molecule has 0 saturated carbocycles. The van der Waals surface area contributed by atoms with Gasteiger partial charge in [-0.25, -0.2) is 0 Å². The first-order valence-corrected chi connectivity index (χ1v) is 3.97. The van der Waals surface area contributed by atoms with Crippen LogP contribution in [0.15, 0.2) is 11.5 Å². The van der Waals surface area contributed by atoms with Gasteiger partial charge in [-0.1, -0.05) is 27.7 Å². The number of Topliss-reactive ketones (excluding diaryl/α,β-unsaturated/α-hetero) is 1. The number of carbonyl (C=O) groups excluding carboxylic acids is 1. The molecule has 0 atom stereocenters. The Bertz CT molecular complexity index is 274. The smallest absolute Gasteiger partial charge is 0.188 e. The molecule has 3 N–H and O–H groups in total. The molecule has 0 saturated heterocycles. The average Bonchev–Trinajstić information content (AvgIpc) is 2.05. The monoisotopic (exact) mass is 169 g/mol. The second kappa shape index (κ2) is 2.03. The summed E-state index contributed by atoms with van der Waals surface area (Å²) in [4.78, 5) is 11.5. The molecule has 12 heavy (non-hydrogen) atoms. The lowest BCUT2D eigenvalue weighted by Crippen LogP contribution is -2.35. The standard InChI is InChI=1S/C9H15NO2/c1-8(2)6(11)5(10)7(12)9(8,3)4/h11H,10H2,1-4H3. The zero-order chi connectivity index (χ0) is 9.73. The Kier molecular flexibility index (Phi) is 1.54. The summed E-state index contributed by atoms with van der Waals surface area (Å²) in [6.45, 7) is 7.23. The number of hydrogen-bond donors (Lipinski definition) is 2. The van der Waals surface area contributed by atoms with Crippen molar-refractivity contribution in [2.45, 2.75) is 27.7 Å². The van der Waals surface area contributed by atoms with E-state index in [4.69, 9.17) is 5.73 Å². The van der Waals surface area contributed by atoms with E-state index in [2.05, 4.69) is 0 Å². The average molecular weight is 169 g/mol. The van der Waals surface area contributed by atoms with Crippen LogP contribution in [0, 0.1) is 10.8 Å². The molecule has 3 heteroatoms. The summed E-state index contributed by atoms with van der Waals surface area (Å²) in [5.74, 6) is -0.137. The third-order valence-electron chi connectivity index (χ3n) is 3.22. The Morgan fingerprint density at radius 1 is 1.17 bits per heavy atom. The fraction of sp³-hybridized carbons (Fsp3) is 0.667. The van der Waals surface area contributed by atoms with Crippen LogP contribution >= 0.6 is 0 Å². The number of carbonyl (C=O) groups is 1. The van der Waals surface area contributed by atoms with Crippen LogP contribution < -0.4 is 5.73 Å². The Balaban J connectivity index is 3.31. The number of nitrogens with two attached hydrogens (primary N) is 1. The number of aliphatic hydroxyl groups excluding tert-OH is 1. The van der Waals surface area contributed by atoms with Crippen LogP contribution in [0.1, 0.15) is 27.7 Å². The Labute approximate surface area is 72.3 Å². The van der Waals surface area contributed by atoms with Crippen molar-refractivity contribution in [3.8, 4) is 0 Å². The van der Waals surface area contributed by atoms with Gasteiger partial charge in [-0.15, -0.1) is 0 Å². The molecule has 1 aliphatic carbocycles. The first-order chi connectivity index (χ1) is 5.23. The van der Waals surface area contributed by atoms with Crippen LogP contribution in [-0.2, 0) is 4.79 Å². The highest BCUT2D eigenvalue weighted by Gasteiger charge is 2.53. The van der Waals surface area contributed by atoms with Crippen molar-refractivity contribution in [1.29, 1.82) is 0 Å². The van der Waals surface area contributed by atoms with E-state index in [1.807, 2.05) is 13.8 Å². The van der Waals surface area contributed by atoms with Crippen LogP contribution in [0.5, 0.6) is 0 Å². The zero-order valence-corrected chi connectivity index (χ0v) is 7.93. The molecule has 0 spiro atoms. The van der Waals surface area contributed by atoms with Crippen LogP contribution in [0.4, 0.5) is 0 Å². The topological polar surface area (TPSA) is 63.3 Å². The fourth-order valence-corrected chi connectivity index (χ4v) is 1.36. The van der Waals surface area contributed by atoms with Crippen LogP contribution in [0.2, 0.25) is 0 Å². The van der Waals surface area contributed by atoms with Gasteiger partial charge in [0.2, 0.25) is 0 Å². The second-order valence-corrected chi connectivity index (χ2v) is 4.34. The van der Waals surface area contributed by atoms with Gasteiger partial charge in [0.1, 0.15) is 11.5 Å². The third-order valence-corrected chi connectivity index (χ3v) is 3.22. The maximum Gasteiger partial charge on any atom is 0.188 e. The molecule has 0 aromatic rings. The minimum atomic E-state index is -0.596. The molecule has 0 aliphatic heterocycles. The first-order valence-electron chi connectivity index (χ1n) is 3.97. The third kappa shape index (κ3) is 0.737. The highest BCUT2D eigenvalue weighted by Crippen LogP contribution is 2.50. The number of hydrogen-bond acceptors (Lipinski definition) is 3. The number of ketones is 1. The van der Waals surface area contributed by atoms with Gasteiger partial charge in [-0.2, -0.15) is 0 Å². The lowest BCUT2D eigenvalue weighted by molar-refractivity contribution is -0.125. The van der Waals surface area contributed by atoms with Gasteiger partial charge >= 0.3 is 0 Å². The van der Waals surface area contributed by atoms with Crippen molar-refractivity contribution in [3.05, 3.63) is 11.5 Å². The predicted molar refractivity (Wildman–Crippen MR) is 46.4 cm³/mol. The van der Waals surface area contributed by atoms with Crippen LogP contribution in [0.3, 0.4) is 0 Å². The fourth-order valence-electron chi connectivity index (χ4n) is 1.36. The van der Waals surface area contributed by atoms with E-state index in [1.165, 1.54) is 0 Å². The maximum atomic E-state index is 11.5. The molecule has 68 valence electrons. The molecular weight excluding hydrogens is 154 g/mol. The Morgan fingerprint density at radius 2 is 1.58 bits per heavy atom. The normalized spacial score (nSPS) is 26.5. The second-order valence-electron chi connectivity index (χ2n) is 4.34. The van der Waals surface area contributed by atoms with E-state index in [-0.39, 0.29) is 17.2 Å². The molecule has 0 fully saturated rings. The SMILES string of the molecule is CC1(C)C(=O)C(N)=C(O)C1(C)C. The molecule has 0 aromatic carbocycles. The number of allylic oxidation sites excluding steroid dienone is 2. The molecule has 0 heterocycles. The van der Waals surface area contributed by atoms with Gasteiger partial charge in [-0.3, -0.25) is 4.79 Å². The predicted octanol–water partition coefficient (Wildman–Crippen LogP) is 1.35. The minimum Gasteiger partial charge on any atom is -0.509 e. The Morgan fingerprint density at radius 3 is 1.67 bits per heavy atom. The van der Waals surface area contributed by atoms with Crippen molar-refractivity contribution in [3.63, 3.8) is 0 Å². The van der Waals surface area contributed by atoms with Crippen molar-refractivity contribution in [1.82, 2.24) is 0 Å². The summed E-state index contributed by atoms with van der Waals surface area (Å²) in [5.41, 5.74) is 4.33. The van der Waals surface area contributed by atoms with E-state index < -0.39 is 10.8 Å². The van der Waals surface area contributed by atoms with Crippen LogP contribution in [-0.4, -0.2) is 10.9 Å². The molecular formula is C9H15NO2. The summed E-state index contributed by atoms with van der Waals surface area (Å²) in [6, 6.07) is 0. The number of rotatable bonds is 0. The lowest BCUT2D eigenvalue weighted by Gasteiger charge is -2.32. The maximum absolute atomic E-state index is 11.5. The van der Waals surface area contributed by atoms with Gasteiger partial charge < -0.3 is 10.8 Å². The van der Waals surface area contributed by atoms with E-state index >= 15 is 0 Å². The molecule has 0 radical (unpaired) electrons. The summed E-state index contributed by atoms with van der Waals surface area (Å²) in [6.07, 6.45) is 0. The quantitative estimate of drug-likeness (QED) is 0.575. The van der Waals surface area contributed by atoms with Crippen molar-refractivity contribution < 1.29 is 9.90 Å². The van der Waals surface area contributed by atoms with E-state index in [0.29, 0.717) is 0 Å². The molecule has 0 aromatic heterocycles. The molecule has 1 aliphatic rings. The van der Waals surface area contributed by atoms with Gasteiger partial charge in [-0.05, 0) is 0 Å². The molecule has 1 rings (SSSR count). The van der Waals surface area contributed by atoms with E-state index in [0.717, 1.165) is 0 Å². The minimum absolute atomic E-state index is 0.0185. The molecule has 0 unspecified atom stereocenters. The highest BCUT2D eigenvalue weighted by molar-refractivity contribution is 6.02. The van der Waals surface area contributed by atoms with Crippen molar-refractivity contribution in [2.24, 2.45) is 16.6 Å². The van der Waals surface area contributed by atoms with E-state index in [9.17, 15) is 9.90 Å². The van der Waals surface area contributed by atoms with Crippen molar-refractivity contribution in [2.75, 3.05) is 0 Å². The first kappa shape index (κ1) is 9.10. The van der Waals surface area contributed by atoms with E-state index in [1.54, 1.807) is 13.8 Å². The molecule has 0 bridgehead atoms. The summed E-state index contributed by atoms with van der Waals surface area (Å²) in [7, 11) is 0. The summed E-state index contributed by atoms with van der Waals surface area (Å²) in [5, 5.41) is 9.57. The molecule has 3 nitrogen and oxygen atoms in total. The summed E-state index contributed by atoms with van der Waals surface area (Å²) >= 11 is 0. The van der Waals surface area contributed by atoms with Gasteiger partial charge in [0.25, 0.3) is 0 Å².